The van der Waals surface area contributed by atoms with E-state index in [1.165, 1.54) is 13.1 Å². The van der Waals surface area contributed by atoms with Crippen molar-refractivity contribution in [2.75, 3.05) is 26.8 Å². The van der Waals surface area contributed by atoms with Gasteiger partial charge in [-0.3, -0.25) is 14.4 Å². The van der Waals surface area contributed by atoms with Crippen LogP contribution in [-0.4, -0.2) is 61.6 Å². The lowest BCUT2D eigenvalue weighted by Gasteiger charge is -2.18. The summed E-state index contributed by atoms with van der Waals surface area (Å²) in [6.45, 7) is 2.14. The Kier molecular flexibility index (Phi) is 5.31. The second kappa shape index (κ2) is 8.17. The lowest BCUT2D eigenvalue weighted by Crippen LogP contribution is -2.36. The van der Waals surface area contributed by atoms with E-state index in [4.69, 9.17) is 4.74 Å². The molecule has 0 radical (unpaired) electrons. The summed E-state index contributed by atoms with van der Waals surface area (Å²) in [4.78, 5) is 39.2. The van der Waals surface area contributed by atoms with Crippen molar-refractivity contribution in [1.29, 1.82) is 0 Å². The Morgan fingerprint density at radius 3 is 2.39 bits per heavy atom. The van der Waals surface area contributed by atoms with Crippen LogP contribution in [0.4, 0.5) is 4.39 Å². The highest BCUT2D eigenvalue weighted by molar-refractivity contribution is 6.02. The number of amides is 3. The highest BCUT2D eigenvalue weighted by Crippen LogP contribution is 2.47. The molecule has 2 N–H and O–H groups in total. The van der Waals surface area contributed by atoms with E-state index in [-0.39, 0.29) is 35.3 Å². The molecule has 3 amide bonds. The molecule has 1 aliphatic carbocycles. The number of carbonyl (C=O) groups excluding carboxylic acids is 3. The maximum absolute atomic E-state index is 13.9. The summed E-state index contributed by atoms with van der Waals surface area (Å²) in [5, 5.41) is 5.65. The molecule has 0 aromatic heterocycles. The fraction of sp³-hybridized carbons (Fsp3) is 0.400. The van der Waals surface area contributed by atoms with E-state index in [9.17, 15) is 18.8 Å². The molecule has 1 saturated heterocycles. The lowest BCUT2D eigenvalue weighted by molar-refractivity contribution is -0.128. The van der Waals surface area contributed by atoms with Crippen molar-refractivity contribution in [3.8, 4) is 5.75 Å². The molecule has 2 aliphatic heterocycles. The first-order valence-electron chi connectivity index (χ1n) is 11.2. The molecule has 2 fully saturated rings. The highest BCUT2D eigenvalue weighted by Gasteiger charge is 2.57. The molecule has 0 bridgehead atoms. The zero-order valence-electron chi connectivity index (χ0n) is 18.5. The number of nitrogens with zero attached hydrogens (tertiary/aromatic N) is 1. The number of halogens is 1. The Balaban J connectivity index is 1.46. The first-order valence-corrected chi connectivity index (χ1v) is 11.2. The fourth-order valence-electron chi connectivity index (χ4n) is 5.28. The number of ether oxygens (including phenoxy) is 1. The van der Waals surface area contributed by atoms with Crippen molar-refractivity contribution >= 4 is 17.7 Å². The van der Waals surface area contributed by atoms with Crippen molar-refractivity contribution in [3.63, 3.8) is 0 Å². The number of rotatable bonds is 5. The van der Waals surface area contributed by atoms with E-state index < -0.39 is 24.6 Å². The minimum atomic E-state index is -0.774. The average Bonchev–Trinajstić information content (AvgIpc) is 3.18. The van der Waals surface area contributed by atoms with Crippen LogP contribution in [0.1, 0.15) is 44.7 Å². The molecule has 2 aromatic carbocycles. The minimum Gasteiger partial charge on any atom is -0.486 e. The molecule has 0 unspecified atom stereocenters. The molecule has 5 atom stereocenters. The summed E-state index contributed by atoms with van der Waals surface area (Å²) < 4.78 is 19.8. The van der Waals surface area contributed by atoms with Crippen molar-refractivity contribution in [1.82, 2.24) is 15.5 Å². The predicted octanol–water partition coefficient (Wildman–Crippen LogP) is 2.12. The van der Waals surface area contributed by atoms with Crippen LogP contribution in [0.3, 0.4) is 0 Å². The number of carbonyl (C=O) groups is 3. The Morgan fingerprint density at radius 1 is 1.09 bits per heavy atom. The van der Waals surface area contributed by atoms with E-state index >= 15 is 0 Å². The number of hydrogen-bond donors (Lipinski definition) is 2. The van der Waals surface area contributed by atoms with Gasteiger partial charge in [0.1, 0.15) is 18.5 Å². The topological polar surface area (TPSA) is 87.7 Å². The number of likely N-dealkylation sites (tertiary alicyclic amines) is 1. The van der Waals surface area contributed by atoms with E-state index in [0.29, 0.717) is 30.0 Å². The molecule has 2 aromatic rings. The van der Waals surface area contributed by atoms with Crippen molar-refractivity contribution in [2.24, 2.45) is 11.8 Å². The molecule has 7 nitrogen and oxygen atoms in total. The Morgan fingerprint density at radius 2 is 1.79 bits per heavy atom. The van der Waals surface area contributed by atoms with Gasteiger partial charge in [-0.1, -0.05) is 30.3 Å². The molecular weight excluding hydrogens is 425 g/mol. The van der Waals surface area contributed by atoms with Crippen LogP contribution < -0.4 is 15.4 Å². The van der Waals surface area contributed by atoms with E-state index in [2.05, 4.69) is 10.6 Å². The van der Waals surface area contributed by atoms with Crippen LogP contribution in [-0.2, 0) is 4.79 Å². The number of piperidine rings is 1. The summed E-state index contributed by atoms with van der Waals surface area (Å²) in [7, 11) is 1.50. The van der Waals surface area contributed by atoms with Crippen molar-refractivity contribution in [3.05, 3.63) is 64.7 Å². The maximum Gasteiger partial charge on any atom is 0.254 e. The molecule has 8 heteroatoms. The van der Waals surface area contributed by atoms with E-state index in [1.54, 1.807) is 17.9 Å². The van der Waals surface area contributed by atoms with E-state index in [1.807, 2.05) is 30.3 Å². The van der Waals surface area contributed by atoms with Gasteiger partial charge in [0.05, 0.1) is 11.5 Å². The van der Waals surface area contributed by atoms with Crippen LogP contribution >= 0.6 is 0 Å². The minimum absolute atomic E-state index is 0.0181. The Labute approximate surface area is 191 Å². The quantitative estimate of drug-likeness (QED) is 0.729. The summed E-state index contributed by atoms with van der Waals surface area (Å²) in [5.41, 5.74) is 2.05. The van der Waals surface area contributed by atoms with Gasteiger partial charge < -0.3 is 20.3 Å². The van der Waals surface area contributed by atoms with E-state index in [0.717, 1.165) is 5.56 Å². The largest absolute Gasteiger partial charge is 0.486 e. The van der Waals surface area contributed by atoms with Gasteiger partial charge >= 0.3 is 0 Å². The Hall–Kier alpha value is -3.42. The Bertz CT molecular complexity index is 1110. The molecular formula is C25H26FN3O4. The van der Waals surface area contributed by atoms with Gasteiger partial charge in [0, 0.05) is 56.1 Å². The molecule has 5 rings (SSSR count). The van der Waals surface area contributed by atoms with Gasteiger partial charge in [-0.25, -0.2) is 4.39 Å². The zero-order chi connectivity index (χ0) is 23.3. The summed E-state index contributed by atoms with van der Waals surface area (Å²) >= 11 is 0. The zero-order valence-corrected chi connectivity index (χ0v) is 18.5. The second-order valence-electron chi connectivity index (χ2n) is 8.97. The highest BCUT2D eigenvalue weighted by atomic mass is 19.1. The third-order valence-electron chi connectivity index (χ3n) is 7.08. The van der Waals surface area contributed by atoms with Gasteiger partial charge in [0.2, 0.25) is 5.91 Å². The molecule has 0 spiro atoms. The normalized spacial score (nSPS) is 26.8. The van der Waals surface area contributed by atoms with Gasteiger partial charge in [0.25, 0.3) is 11.8 Å². The van der Waals surface area contributed by atoms with Gasteiger partial charge in [-0.05, 0) is 17.7 Å². The average molecular weight is 451 g/mol. The van der Waals surface area contributed by atoms with Crippen LogP contribution in [0.15, 0.2) is 42.5 Å². The van der Waals surface area contributed by atoms with Crippen molar-refractivity contribution in [2.45, 2.75) is 25.0 Å². The van der Waals surface area contributed by atoms with Crippen LogP contribution in [0.2, 0.25) is 0 Å². The number of hydrogen-bond acceptors (Lipinski definition) is 4. The van der Waals surface area contributed by atoms with Crippen LogP contribution in [0.5, 0.6) is 5.75 Å². The van der Waals surface area contributed by atoms with Crippen molar-refractivity contribution < 1.29 is 23.5 Å². The fourth-order valence-corrected chi connectivity index (χ4v) is 5.28. The molecule has 172 valence electrons. The third kappa shape index (κ3) is 3.63. The van der Waals surface area contributed by atoms with Gasteiger partial charge in [-0.15, -0.1) is 0 Å². The monoisotopic (exact) mass is 451 g/mol. The van der Waals surface area contributed by atoms with Crippen LogP contribution in [0.25, 0.3) is 0 Å². The molecule has 1 saturated carbocycles. The van der Waals surface area contributed by atoms with Gasteiger partial charge in [0.15, 0.2) is 0 Å². The third-order valence-corrected chi connectivity index (χ3v) is 7.08. The number of fused-ring (bicyclic) bond motifs is 2. The van der Waals surface area contributed by atoms with Gasteiger partial charge in [-0.2, -0.15) is 0 Å². The lowest BCUT2D eigenvalue weighted by atomic mass is 9.86. The summed E-state index contributed by atoms with van der Waals surface area (Å²) in [6, 6.07) is 12.6. The first kappa shape index (κ1) is 21.4. The first-order chi connectivity index (χ1) is 15.9. The number of benzene rings is 2. The molecule has 2 heterocycles. The molecule has 3 aliphatic rings. The second-order valence-corrected chi connectivity index (χ2v) is 8.97. The summed E-state index contributed by atoms with van der Waals surface area (Å²) in [5.74, 6) is -0.200. The smallest absolute Gasteiger partial charge is 0.254 e. The maximum atomic E-state index is 13.9. The SMILES string of the molecule is CNC(=O)c1cc(C(=O)N[C@H]2[C@@H]3CN(C(C)=O)C[C@@H]32)cc2c1O[C@H](CF)[C@H]2c1ccccc1. The number of alkyl halides is 1. The molecule has 33 heavy (non-hydrogen) atoms. The van der Waals surface area contributed by atoms with Crippen LogP contribution in [0, 0.1) is 11.8 Å². The predicted molar refractivity (Wildman–Crippen MR) is 119 cm³/mol. The number of nitrogens with one attached hydrogen (secondary N) is 2. The standard InChI is InChI=1S/C25H26FN3O4/c1-13(30)29-11-18-19(12-29)22(18)28-24(31)15-8-16-21(14-6-4-3-5-7-14)20(10-26)33-23(16)17(9-15)25(32)27-2/h3-9,18-22H,10-12H2,1-2H3,(H,27,32)(H,28,31)/t18-,19+,20-,21+,22+/m1/s1. The summed E-state index contributed by atoms with van der Waals surface area (Å²) in [6.07, 6.45) is -0.774.